The van der Waals surface area contributed by atoms with Gasteiger partial charge in [0.15, 0.2) is 12.1 Å². The van der Waals surface area contributed by atoms with Crippen LogP contribution >= 0.6 is 0 Å². The summed E-state index contributed by atoms with van der Waals surface area (Å²) < 4.78 is 21.0. The number of carbonyl (C=O) groups is 10. The number of ether oxygens (including phenoxy) is 4. The minimum atomic E-state index is -1.07. The molecule has 0 aromatic rings. The van der Waals surface area contributed by atoms with Crippen molar-refractivity contribution in [3.05, 3.63) is 0 Å². The summed E-state index contributed by atoms with van der Waals surface area (Å²) in [5, 5.41) is 27.9. The minimum Gasteiger partial charge on any atom is -1.00 e. The first-order valence-corrected chi connectivity index (χ1v) is 23.2. The predicted octanol–water partition coefficient (Wildman–Crippen LogP) is -5.61. The largest absolute Gasteiger partial charge is 1.00 e. The van der Waals surface area contributed by atoms with Gasteiger partial charge in [-0.3, -0.25) is 24.0 Å². The second kappa shape index (κ2) is 30.0. The number of Topliss-reactive ketones (excluding diaryl/α,β-unsaturated/α-hetero) is 1. The average Bonchev–Trinajstić information content (AvgIpc) is 3.85. The van der Waals surface area contributed by atoms with E-state index in [1.807, 2.05) is 0 Å². The SMILES string of the molecule is CC(=O)CCC(=O)N1C[C@H](NC(=O)OC(C)(C)C)[C@@H](NC(=O)OC(C)(C)C)C1.CC(C)(C)OC(=O)N[C@H]1CN(C(=O)CCC(=O)O)C[C@@H]1NC(=O)OC(C)(C)C.[Cl-].[Cl-].[NH3+][C@H]1CN(C(=O)CCC(=O)O)C[C@@H]1[NH3+]. The molecular weight excluding hydrogens is 993 g/mol. The van der Waals surface area contributed by atoms with Crippen LogP contribution in [0.15, 0.2) is 0 Å². The summed E-state index contributed by atoms with van der Waals surface area (Å²) in [6.45, 7) is 24.1. The zero-order valence-corrected chi connectivity index (χ0v) is 45.6. The summed E-state index contributed by atoms with van der Waals surface area (Å²) >= 11 is 0. The molecule has 416 valence electrons. The number of likely N-dealkylation sites (tertiary alicyclic amines) is 3. The van der Waals surface area contributed by atoms with E-state index in [2.05, 4.69) is 32.7 Å². The van der Waals surface area contributed by atoms with Gasteiger partial charge in [-0.1, -0.05) is 0 Å². The van der Waals surface area contributed by atoms with Gasteiger partial charge in [-0.2, -0.15) is 0 Å². The van der Waals surface area contributed by atoms with Gasteiger partial charge in [0, 0.05) is 51.9 Å². The van der Waals surface area contributed by atoms with Crippen molar-refractivity contribution in [2.45, 2.75) is 187 Å². The molecule has 0 unspecified atom stereocenters. The fourth-order valence-electron chi connectivity index (χ4n) is 6.76. The summed E-state index contributed by atoms with van der Waals surface area (Å²) in [7, 11) is 0. The van der Waals surface area contributed by atoms with E-state index in [4.69, 9.17) is 29.2 Å². The number of nitrogens with one attached hydrogen (secondary N) is 4. The number of carboxylic acid groups (broad SMARTS) is 2. The highest BCUT2D eigenvalue weighted by Crippen LogP contribution is 2.18. The maximum absolute atomic E-state index is 12.4. The molecule has 0 aliphatic carbocycles. The number of hydrogen-bond donors (Lipinski definition) is 8. The lowest BCUT2D eigenvalue weighted by atomic mass is 10.1. The molecule has 6 atom stereocenters. The van der Waals surface area contributed by atoms with E-state index >= 15 is 0 Å². The van der Waals surface area contributed by atoms with Crippen LogP contribution in [-0.4, -0.2) is 183 Å². The standard InChI is InChI=1S/C19H33N3O6.C18H31N3O7.C8H15N3O3.2ClH/c1-12(23)8-9-15(24)22-10-13(20-16(25)27-18(2,3)4)14(11-22)21-17(26)28-19(5,6)7;1-17(2,3)27-15(25)19-11-9-21(13(22)7-8-14(23)24)10-12(11)20-16(26)28-18(4,5)6;9-5-3-11(4-6(5)10)7(12)1-2-8(13)14;;/h13-14H,8-11H2,1-7H3,(H,20,25)(H,21,26);11-12H,7-10H2,1-6H3,(H,19,25)(H,20,26)(H,23,24);5-6H,1-4,9-10H2,(H,13,14);2*1H/t13-,14-;11-,12-;5-,6-;;/m000../s1. The van der Waals surface area contributed by atoms with Crippen molar-refractivity contribution in [1.29, 1.82) is 0 Å². The molecule has 72 heavy (non-hydrogen) atoms. The van der Waals surface area contributed by atoms with Gasteiger partial charge in [0.2, 0.25) is 17.7 Å². The highest BCUT2D eigenvalue weighted by Gasteiger charge is 2.41. The second-order valence-corrected chi connectivity index (χ2v) is 21.4. The maximum Gasteiger partial charge on any atom is 0.408 e. The lowest BCUT2D eigenvalue weighted by Crippen LogP contribution is -3.00. The smallest absolute Gasteiger partial charge is 0.408 e. The molecule has 27 heteroatoms. The van der Waals surface area contributed by atoms with Crippen LogP contribution in [0, 0.1) is 0 Å². The monoisotopic (exact) mass is 1070 g/mol. The normalized spacial score (nSPS) is 20.5. The van der Waals surface area contributed by atoms with Crippen molar-refractivity contribution in [1.82, 2.24) is 36.0 Å². The molecule has 3 rings (SSSR count). The van der Waals surface area contributed by atoms with Crippen LogP contribution in [0.2, 0.25) is 0 Å². The molecule has 0 spiro atoms. The third kappa shape index (κ3) is 29.8. The van der Waals surface area contributed by atoms with Gasteiger partial charge in [-0.05, 0) is 90.0 Å². The lowest BCUT2D eigenvalue weighted by Gasteiger charge is -2.26. The summed E-state index contributed by atoms with van der Waals surface area (Å²) in [4.78, 5) is 121. The summed E-state index contributed by atoms with van der Waals surface area (Å²) in [5.74, 6) is -2.76. The average molecular weight is 1080 g/mol. The third-order valence-corrected chi connectivity index (χ3v) is 9.88. The Morgan fingerprint density at radius 1 is 0.417 bits per heavy atom. The zero-order valence-electron chi connectivity index (χ0n) is 44.1. The van der Waals surface area contributed by atoms with Gasteiger partial charge in [-0.15, -0.1) is 0 Å². The van der Waals surface area contributed by atoms with E-state index in [0.29, 0.717) is 13.1 Å². The molecule has 0 radical (unpaired) electrons. The second-order valence-electron chi connectivity index (χ2n) is 21.4. The van der Waals surface area contributed by atoms with Crippen LogP contribution < -0.4 is 57.5 Å². The molecule has 7 amide bonds. The van der Waals surface area contributed by atoms with Gasteiger partial charge in [0.05, 0.1) is 50.1 Å². The summed E-state index contributed by atoms with van der Waals surface area (Å²) in [5.41, 5.74) is 5.00. The Morgan fingerprint density at radius 2 is 0.625 bits per heavy atom. The summed E-state index contributed by atoms with van der Waals surface area (Å²) in [6.07, 6.45) is -2.83. The molecule has 0 aromatic carbocycles. The highest BCUT2D eigenvalue weighted by atomic mass is 35.5. The van der Waals surface area contributed by atoms with Crippen LogP contribution in [-0.2, 0) is 47.7 Å². The van der Waals surface area contributed by atoms with Crippen LogP contribution in [0.5, 0.6) is 0 Å². The Labute approximate surface area is 434 Å². The Balaban J connectivity index is 0. The maximum atomic E-state index is 12.4. The number of ketones is 1. The molecule has 3 heterocycles. The number of quaternary nitrogens is 2. The number of amides is 7. The molecule has 3 saturated heterocycles. The van der Waals surface area contributed by atoms with Gasteiger partial charge >= 0.3 is 36.3 Å². The molecule has 3 fully saturated rings. The molecule has 3 aliphatic rings. The van der Waals surface area contributed by atoms with Crippen molar-refractivity contribution >= 4 is 59.8 Å². The first-order valence-electron chi connectivity index (χ1n) is 23.2. The van der Waals surface area contributed by atoms with Gasteiger partial charge in [0.25, 0.3) is 0 Å². The van der Waals surface area contributed by atoms with E-state index in [9.17, 15) is 47.9 Å². The number of hydrogen-bond acceptors (Lipinski definition) is 14. The Hall–Kier alpha value is -5.40. The van der Waals surface area contributed by atoms with Crippen LogP contribution in [0.25, 0.3) is 0 Å². The Kier molecular flexibility index (Phi) is 28.6. The third-order valence-electron chi connectivity index (χ3n) is 9.88. The van der Waals surface area contributed by atoms with Crippen LogP contribution in [0.3, 0.4) is 0 Å². The molecule has 25 nitrogen and oxygen atoms in total. The molecule has 0 saturated carbocycles. The molecule has 0 aromatic heterocycles. The molecule has 12 N–H and O–H groups in total. The van der Waals surface area contributed by atoms with E-state index in [-0.39, 0.29) is 125 Å². The molecule has 0 bridgehead atoms. The zero-order chi connectivity index (χ0) is 54.1. The minimum absolute atomic E-state index is 0. The van der Waals surface area contributed by atoms with Gasteiger partial charge < -0.3 is 106 Å². The van der Waals surface area contributed by atoms with E-state index in [1.54, 1.807) is 88.0 Å². The molecule has 3 aliphatic heterocycles. The highest BCUT2D eigenvalue weighted by molar-refractivity contribution is 5.84. The number of aliphatic carboxylic acids is 2. The number of rotatable bonds is 13. The fraction of sp³-hybridized carbons (Fsp3) is 0.778. The lowest BCUT2D eigenvalue weighted by molar-refractivity contribution is -0.515. The van der Waals surface area contributed by atoms with Crippen molar-refractivity contribution in [2.24, 2.45) is 0 Å². The first kappa shape index (κ1) is 68.7. The number of carboxylic acids is 2. The topological polar surface area (TPSA) is 361 Å². The Morgan fingerprint density at radius 3 is 0.819 bits per heavy atom. The number of nitrogens with zero attached hydrogens (tertiary/aromatic N) is 3. The van der Waals surface area contributed by atoms with E-state index in [0.717, 1.165) is 0 Å². The van der Waals surface area contributed by atoms with Crippen molar-refractivity contribution < 1.29 is 113 Å². The summed E-state index contributed by atoms with van der Waals surface area (Å²) in [6, 6.07) is -1.94. The van der Waals surface area contributed by atoms with Gasteiger partial charge in [-0.25, -0.2) is 19.2 Å². The van der Waals surface area contributed by atoms with Crippen LogP contribution in [0.4, 0.5) is 19.2 Å². The van der Waals surface area contributed by atoms with Crippen molar-refractivity contribution in [2.75, 3.05) is 39.3 Å². The molecular formula is C45H81Cl2N9O16. The number of alkyl carbamates (subject to hydrolysis) is 4. The Bertz CT molecular complexity index is 1680. The number of halogens is 2. The van der Waals surface area contributed by atoms with Gasteiger partial charge in [0.1, 0.15) is 28.2 Å². The quantitative estimate of drug-likeness (QED) is 0.0798. The van der Waals surface area contributed by atoms with E-state index < -0.39 is 82.9 Å². The first-order chi connectivity index (χ1) is 31.8. The van der Waals surface area contributed by atoms with Crippen LogP contribution in [0.1, 0.15) is 129 Å². The van der Waals surface area contributed by atoms with Crippen molar-refractivity contribution in [3.8, 4) is 0 Å². The van der Waals surface area contributed by atoms with Crippen molar-refractivity contribution in [3.63, 3.8) is 0 Å². The fourth-order valence-corrected chi connectivity index (χ4v) is 6.76. The predicted molar refractivity (Wildman–Crippen MR) is 249 cm³/mol. The van der Waals surface area contributed by atoms with E-state index in [1.165, 1.54) is 16.7 Å². The number of carbonyl (C=O) groups excluding carboxylic acids is 8.